The first-order valence-corrected chi connectivity index (χ1v) is 12.0. The first-order valence-electron chi connectivity index (χ1n) is 10.1. The Morgan fingerprint density at radius 3 is 2.84 bits per heavy atom. The van der Waals surface area contributed by atoms with Crippen LogP contribution in [0.3, 0.4) is 0 Å². The summed E-state index contributed by atoms with van der Waals surface area (Å²) in [4.78, 5) is 16.7. The molecule has 7 nitrogen and oxygen atoms in total. The molecule has 0 unspecified atom stereocenters. The second-order valence-corrected chi connectivity index (χ2v) is 9.31. The van der Waals surface area contributed by atoms with E-state index in [-0.39, 0.29) is 5.91 Å². The summed E-state index contributed by atoms with van der Waals surface area (Å²) in [7, 11) is 0. The van der Waals surface area contributed by atoms with E-state index in [1.54, 1.807) is 40.3 Å². The van der Waals surface area contributed by atoms with Crippen LogP contribution in [-0.4, -0.2) is 32.2 Å². The van der Waals surface area contributed by atoms with Crippen molar-refractivity contribution in [3.63, 3.8) is 0 Å². The number of halogens is 1. The third kappa shape index (κ3) is 5.08. The maximum atomic E-state index is 14.6. The minimum absolute atomic E-state index is 0.173. The number of furan rings is 1. The fourth-order valence-electron chi connectivity index (χ4n) is 2.95. The molecule has 1 amide bonds. The van der Waals surface area contributed by atoms with E-state index < -0.39 is 5.82 Å². The lowest BCUT2D eigenvalue weighted by Gasteiger charge is -2.09. The molecule has 0 radical (unpaired) electrons. The number of benzene rings is 1. The van der Waals surface area contributed by atoms with Crippen molar-refractivity contribution < 1.29 is 13.6 Å². The number of hydrogen-bond donors (Lipinski definition) is 1. The van der Waals surface area contributed by atoms with Crippen molar-refractivity contribution in [2.45, 2.75) is 31.2 Å². The van der Waals surface area contributed by atoms with Gasteiger partial charge in [0.1, 0.15) is 16.5 Å². The molecule has 3 aromatic heterocycles. The largest absolute Gasteiger partial charge is 0.461 e. The third-order valence-corrected chi connectivity index (χ3v) is 6.56. The highest BCUT2D eigenvalue weighted by Gasteiger charge is 2.21. The van der Waals surface area contributed by atoms with Gasteiger partial charge in [0.05, 0.1) is 17.7 Å². The molecule has 4 aromatic rings. The van der Waals surface area contributed by atoms with Gasteiger partial charge in [-0.25, -0.2) is 9.37 Å². The molecule has 0 aliphatic heterocycles. The van der Waals surface area contributed by atoms with Gasteiger partial charge in [-0.1, -0.05) is 37.7 Å². The molecule has 166 valence electrons. The molecular weight excluding hydrogens is 449 g/mol. The number of aromatic nitrogens is 4. The number of hydrogen-bond acceptors (Lipinski definition) is 7. The molecule has 0 fully saturated rings. The second-order valence-electron chi connectivity index (χ2n) is 7.42. The summed E-state index contributed by atoms with van der Waals surface area (Å²) >= 11 is 2.77. The van der Waals surface area contributed by atoms with Crippen LogP contribution in [0.4, 0.5) is 4.39 Å². The highest BCUT2D eigenvalue weighted by atomic mass is 32.2. The Hall–Kier alpha value is -2.98. The van der Waals surface area contributed by atoms with Crippen LogP contribution in [0.25, 0.3) is 17.3 Å². The van der Waals surface area contributed by atoms with Crippen molar-refractivity contribution in [2.75, 3.05) is 6.54 Å². The van der Waals surface area contributed by atoms with Crippen LogP contribution in [0.2, 0.25) is 0 Å². The fourth-order valence-corrected chi connectivity index (χ4v) is 4.69. The average Bonchev–Trinajstić information content (AvgIpc) is 3.52. The summed E-state index contributed by atoms with van der Waals surface area (Å²) < 4.78 is 21.7. The zero-order valence-corrected chi connectivity index (χ0v) is 19.3. The minimum Gasteiger partial charge on any atom is -0.461 e. The van der Waals surface area contributed by atoms with Gasteiger partial charge in [0.15, 0.2) is 10.9 Å². The molecular formula is C22H22FN5O2S2. The lowest BCUT2D eigenvalue weighted by molar-refractivity contribution is 0.0947. The van der Waals surface area contributed by atoms with Crippen molar-refractivity contribution in [3.05, 3.63) is 64.6 Å². The topological polar surface area (TPSA) is 85.8 Å². The number of carbonyl (C=O) groups is 1. The highest BCUT2D eigenvalue weighted by molar-refractivity contribution is 7.98. The molecule has 0 saturated carbocycles. The minimum atomic E-state index is -0.392. The van der Waals surface area contributed by atoms with E-state index >= 15 is 0 Å². The van der Waals surface area contributed by atoms with Crippen molar-refractivity contribution in [3.8, 4) is 17.3 Å². The number of thiazole rings is 1. The quantitative estimate of drug-likeness (QED) is 0.338. The Morgan fingerprint density at radius 1 is 1.25 bits per heavy atom. The van der Waals surface area contributed by atoms with Gasteiger partial charge < -0.3 is 9.73 Å². The summed E-state index contributed by atoms with van der Waals surface area (Å²) in [6.07, 6.45) is 2.45. The maximum Gasteiger partial charge on any atom is 0.270 e. The van der Waals surface area contributed by atoms with Crippen molar-refractivity contribution >= 4 is 29.0 Å². The molecule has 1 aromatic carbocycles. The lowest BCUT2D eigenvalue weighted by atomic mass is 10.1. The monoisotopic (exact) mass is 471 g/mol. The molecule has 0 atom stereocenters. The van der Waals surface area contributed by atoms with Crippen LogP contribution < -0.4 is 5.32 Å². The maximum absolute atomic E-state index is 14.6. The number of para-hydroxylation sites is 1. The number of amides is 1. The SMILES string of the molecule is CC(C)CCNC(=O)c1csc(CSc2nnc(-c3ccco3)n2-c2ccccc2F)n1. The van der Waals surface area contributed by atoms with Gasteiger partial charge in [-0.05, 0) is 36.6 Å². The smallest absolute Gasteiger partial charge is 0.270 e. The molecule has 10 heteroatoms. The molecule has 3 heterocycles. The van der Waals surface area contributed by atoms with E-state index in [2.05, 4.69) is 34.3 Å². The number of rotatable bonds is 9. The van der Waals surface area contributed by atoms with Gasteiger partial charge in [0.25, 0.3) is 5.91 Å². The van der Waals surface area contributed by atoms with Gasteiger partial charge in [0.2, 0.25) is 5.82 Å². The molecule has 32 heavy (non-hydrogen) atoms. The van der Waals surface area contributed by atoms with Gasteiger partial charge >= 0.3 is 0 Å². The Kier molecular flexibility index (Phi) is 7.01. The van der Waals surface area contributed by atoms with Crippen molar-refractivity contribution in [2.24, 2.45) is 5.92 Å². The van der Waals surface area contributed by atoms with Gasteiger partial charge in [0, 0.05) is 11.9 Å². The molecule has 0 aliphatic rings. The standard InChI is InChI=1S/C22H22FN5O2S2/c1-14(2)9-10-24-21(29)16-12-31-19(25-16)13-32-22-27-26-20(18-8-5-11-30-18)28(22)17-7-4-3-6-15(17)23/h3-8,11-12,14H,9-10,13H2,1-2H3,(H,24,29). The Bertz CT molecular complexity index is 1190. The molecule has 1 N–H and O–H groups in total. The van der Waals surface area contributed by atoms with E-state index in [0.717, 1.165) is 11.4 Å². The zero-order valence-electron chi connectivity index (χ0n) is 17.6. The number of nitrogens with one attached hydrogen (secondary N) is 1. The van der Waals surface area contributed by atoms with Crippen LogP contribution in [0.15, 0.2) is 57.6 Å². The molecule has 0 bridgehead atoms. The fraction of sp³-hybridized carbons (Fsp3) is 0.273. The number of carbonyl (C=O) groups excluding carboxylic acids is 1. The van der Waals surface area contributed by atoms with Gasteiger partial charge in [-0.2, -0.15) is 0 Å². The predicted octanol–water partition coefficient (Wildman–Crippen LogP) is 5.19. The van der Waals surface area contributed by atoms with Crippen LogP contribution in [0, 0.1) is 11.7 Å². The lowest BCUT2D eigenvalue weighted by Crippen LogP contribution is -2.25. The molecule has 0 saturated heterocycles. The van der Waals surface area contributed by atoms with E-state index in [1.165, 1.54) is 35.4 Å². The van der Waals surface area contributed by atoms with Crippen molar-refractivity contribution in [1.82, 2.24) is 25.1 Å². The Morgan fingerprint density at radius 2 is 2.09 bits per heavy atom. The predicted molar refractivity (Wildman–Crippen MR) is 122 cm³/mol. The number of nitrogens with zero attached hydrogens (tertiary/aromatic N) is 4. The first-order chi connectivity index (χ1) is 15.5. The van der Waals surface area contributed by atoms with Crippen LogP contribution in [0.1, 0.15) is 35.8 Å². The van der Waals surface area contributed by atoms with E-state index in [4.69, 9.17) is 4.42 Å². The Labute approximate surface area is 193 Å². The highest BCUT2D eigenvalue weighted by Crippen LogP contribution is 2.31. The van der Waals surface area contributed by atoms with E-state index in [0.29, 0.717) is 46.3 Å². The summed E-state index contributed by atoms with van der Waals surface area (Å²) in [5.41, 5.74) is 0.733. The summed E-state index contributed by atoms with van der Waals surface area (Å²) in [5, 5.41) is 14.4. The first kappa shape index (κ1) is 22.2. The average molecular weight is 472 g/mol. The molecule has 0 aliphatic carbocycles. The summed E-state index contributed by atoms with van der Waals surface area (Å²) in [6, 6.07) is 9.93. The zero-order chi connectivity index (χ0) is 22.5. The van der Waals surface area contributed by atoms with Gasteiger partial charge in [-0.3, -0.25) is 9.36 Å². The van der Waals surface area contributed by atoms with Crippen LogP contribution in [-0.2, 0) is 5.75 Å². The third-order valence-electron chi connectivity index (χ3n) is 4.58. The van der Waals surface area contributed by atoms with Crippen molar-refractivity contribution in [1.29, 1.82) is 0 Å². The Balaban J connectivity index is 1.52. The number of thioether (sulfide) groups is 1. The van der Waals surface area contributed by atoms with E-state index in [9.17, 15) is 9.18 Å². The molecule has 0 spiro atoms. The second kappa shape index (κ2) is 10.1. The van der Waals surface area contributed by atoms with Gasteiger partial charge in [-0.15, -0.1) is 21.5 Å². The summed E-state index contributed by atoms with van der Waals surface area (Å²) in [6.45, 7) is 4.85. The molecule has 4 rings (SSSR count). The van der Waals surface area contributed by atoms with Crippen LogP contribution in [0.5, 0.6) is 0 Å². The normalized spacial score (nSPS) is 11.2. The van der Waals surface area contributed by atoms with E-state index in [1.807, 2.05) is 0 Å². The summed E-state index contributed by atoms with van der Waals surface area (Å²) in [5.74, 6) is 1.32. The van der Waals surface area contributed by atoms with Crippen LogP contribution >= 0.6 is 23.1 Å².